The summed E-state index contributed by atoms with van der Waals surface area (Å²) in [6, 6.07) is 0.712. The van der Waals surface area contributed by atoms with Gasteiger partial charge in [-0.2, -0.15) is 0 Å². The highest BCUT2D eigenvalue weighted by Crippen LogP contribution is 2.20. The first-order chi connectivity index (χ1) is 8.18. The van der Waals surface area contributed by atoms with E-state index in [0.29, 0.717) is 6.04 Å². The molecule has 17 heavy (non-hydrogen) atoms. The van der Waals surface area contributed by atoms with E-state index < -0.39 is 0 Å². The van der Waals surface area contributed by atoms with Crippen molar-refractivity contribution in [2.45, 2.75) is 50.4 Å². The number of piperidine rings is 1. The van der Waals surface area contributed by atoms with Crippen LogP contribution in [0.3, 0.4) is 0 Å². The van der Waals surface area contributed by atoms with Gasteiger partial charge >= 0.3 is 5.69 Å². The molecule has 1 saturated heterocycles. The maximum atomic E-state index is 11.5. The lowest BCUT2D eigenvalue weighted by atomic mass is 10.1. The topological polar surface area (TPSA) is 62.7 Å². The van der Waals surface area contributed by atoms with E-state index in [2.05, 4.69) is 15.5 Å². The lowest BCUT2D eigenvalue weighted by molar-refractivity contribution is 0.429. The molecule has 5 nitrogen and oxygen atoms in total. The second-order valence-corrected chi connectivity index (χ2v) is 5.72. The van der Waals surface area contributed by atoms with E-state index in [4.69, 9.17) is 0 Å². The highest BCUT2D eigenvalue weighted by Gasteiger charge is 2.16. The van der Waals surface area contributed by atoms with E-state index in [1.54, 1.807) is 16.3 Å². The molecule has 0 spiro atoms. The van der Waals surface area contributed by atoms with Gasteiger partial charge in [0.25, 0.3) is 0 Å². The van der Waals surface area contributed by atoms with Gasteiger partial charge in [-0.25, -0.2) is 9.89 Å². The van der Waals surface area contributed by atoms with Crippen molar-refractivity contribution in [2.75, 3.05) is 12.3 Å². The van der Waals surface area contributed by atoms with Gasteiger partial charge in [0, 0.05) is 17.8 Å². The van der Waals surface area contributed by atoms with E-state index in [9.17, 15) is 4.79 Å². The molecule has 0 bridgehead atoms. The summed E-state index contributed by atoms with van der Waals surface area (Å²) in [6.07, 6.45) is 3.80. The Kier molecular flexibility index (Phi) is 4.28. The molecule has 0 saturated carbocycles. The van der Waals surface area contributed by atoms with Crippen LogP contribution in [0.4, 0.5) is 0 Å². The van der Waals surface area contributed by atoms with Crippen LogP contribution < -0.4 is 11.0 Å². The van der Waals surface area contributed by atoms with Crippen LogP contribution in [0.5, 0.6) is 0 Å². The van der Waals surface area contributed by atoms with Crippen molar-refractivity contribution < 1.29 is 0 Å². The van der Waals surface area contributed by atoms with E-state index >= 15 is 0 Å². The van der Waals surface area contributed by atoms with Crippen molar-refractivity contribution in [3.05, 3.63) is 10.5 Å². The van der Waals surface area contributed by atoms with Gasteiger partial charge in [-0.05, 0) is 33.2 Å². The molecule has 1 aromatic rings. The van der Waals surface area contributed by atoms with Crippen LogP contribution in [0, 0.1) is 0 Å². The molecule has 1 fully saturated rings. The van der Waals surface area contributed by atoms with Crippen molar-refractivity contribution in [1.82, 2.24) is 20.1 Å². The molecule has 0 radical (unpaired) electrons. The third-order valence-corrected chi connectivity index (χ3v) is 4.13. The molecule has 1 atom stereocenters. The minimum absolute atomic E-state index is 0.112. The minimum Gasteiger partial charge on any atom is -0.313 e. The molecule has 0 aliphatic carbocycles. The lowest BCUT2D eigenvalue weighted by Gasteiger charge is -2.22. The highest BCUT2D eigenvalue weighted by atomic mass is 32.2. The molecule has 6 heteroatoms. The summed E-state index contributed by atoms with van der Waals surface area (Å²) in [5.41, 5.74) is -0.112. The number of hydrogen-bond donors (Lipinski definition) is 2. The van der Waals surface area contributed by atoms with Crippen molar-refractivity contribution in [2.24, 2.45) is 0 Å². The number of aromatic nitrogens is 3. The van der Waals surface area contributed by atoms with Crippen LogP contribution in [-0.4, -0.2) is 33.1 Å². The standard InChI is InChI=1S/C11H20N4OS/c1-8(2)15-10(16)13-14-11(15)17-7-9-5-3-4-6-12-9/h8-9,12H,3-7H2,1-2H3,(H,13,16). The first kappa shape index (κ1) is 12.7. The lowest BCUT2D eigenvalue weighted by Crippen LogP contribution is -2.35. The molecule has 2 heterocycles. The molecule has 2 N–H and O–H groups in total. The quantitative estimate of drug-likeness (QED) is 0.799. The maximum Gasteiger partial charge on any atom is 0.344 e. The largest absolute Gasteiger partial charge is 0.344 e. The molecule has 2 rings (SSSR count). The van der Waals surface area contributed by atoms with Gasteiger partial charge in [-0.3, -0.25) is 4.57 Å². The summed E-state index contributed by atoms with van der Waals surface area (Å²) < 4.78 is 1.72. The zero-order chi connectivity index (χ0) is 12.3. The van der Waals surface area contributed by atoms with E-state index in [0.717, 1.165) is 17.5 Å². The molecule has 0 amide bonds. The fraction of sp³-hybridized carbons (Fsp3) is 0.818. The van der Waals surface area contributed by atoms with Gasteiger partial charge in [0.1, 0.15) is 0 Å². The summed E-state index contributed by atoms with van der Waals surface area (Å²) in [5, 5.41) is 10.9. The van der Waals surface area contributed by atoms with Crippen molar-refractivity contribution >= 4 is 11.8 Å². The SMILES string of the molecule is CC(C)n1c(SCC2CCCCN2)n[nH]c1=O. The molecule has 96 valence electrons. The smallest absolute Gasteiger partial charge is 0.313 e. The van der Waals surface area contributed by atoms with Crippen molar-refractivity contribution in [3.63, 3.8) is 0 Å². The van der Waals surface area contributed by atoms with Gasteiger partial charge < -0.3 is 5.32 Å². The zero-order valence-electron chi connectivity index (χ0n) is 10.4. The first-order valence-corrected chi connectivity index (χ1v) is 7.20. The molecule has 1 aliphatic rings. The van der Waals surface area contributed by atoms with Gasteiger partial charge in [-0.15, -0.1) is 5.10 Å². The van der Waals surface area contributed by atoms with E-state index in [1.807, 2.05) is 13.8 Å². The van der Waals surface area contributed by atoms with Crippen LogP contribution in [0.1, 0.15) is 39.2 Å². The molecule has 1 aromatic heterocycles. The molecular formula is C11H20N4OS. The van der Waals surface area contributed by atoms with E-state index in [1.165, 1.54) is 19.3 Å². The fourth-order valence-electron chi connectivity index (χ4n) is 2.09. The summed E-state index contributed by atoms with van der Waals surface area (Å²) in [4.78, 5) is 11.5. The fourth-order valence-corrected chi connectivity index (χ4v) is 3.27. The maximum absolute atomic E-state index is 11.5. The van der Waals surface area contributed by atoms with Crippen molar-refractivity contribution in [3.8, 4) is 0 Å². The number of aromatic amines is 1. The average molecular weight is 256 g/mol. The number of nitrogens with zero attached hydrogens (tertiary/aromatic N) is 2. The summed E-state index contributed by atoms with van der Waals surface area (Å²) >= 11 is 1.66. The molecule has 1 aliphatic heterocycles. The first-order valence-electron chi connectivity index (χ1n) is 6.21. The number of H-pyrrole nitrogens is 1. The third kappa shape index (κ3) is 3.13. The van der Waals surface area contributed by atoms with Gasteiger partial charge in [-0.1, -0.05) is 18.2 Å². The van der Waals surface area contributed by atoms with Gasteiger partial charge in [0.15, 0.2) is 5.16 Å². The Labute approximate surface area is 105 Å². The predicted molar refractivity (Wildman–Crippen MR) is 69.6 cm³/mol. The number of rotatable bonds is 4. The van der Waals surface area contributed by atoms with E-state index in [-0.39, 0.29) is 11.7 Å². The normalized spacial score (nSPS) is 21.0. The number of thioether (sulfide) groups is 1. The van der Waals surface area contributed by atoms with Crippen LogP contribution in [0.25, 0.3) is 0 Å². The Morgan fingerprint density at radius 2 is 2.35 bits per heavy atom. The second kappa shape index (κ2) is 5.73. The highest BCUT2D eigenvalue weighted by molar-refractivity contribution is 7.99. The number of hydrogen-bond acceptors (Lipinski definition) is 4. The summed E-state index contributed by atoms with van der Waals surface area (Å²) in [5.74, 6) is 0.983. The Morgan fingerprint density at radius 1 is 1.53 bits per heavy atom. The van der Waals surface area contributed by atoms with Crippen molar-refractivity contribution in [1.29, 1.82) is 0 Å². The minimum atomic E-state index is -0.112. The predicted octanol–water partition coefficient (Wildman–Crippen LogP) is 1.39. The van der Waals surface area contributed by atoms with Crippen LogP contribution >= 0.6 is 11.8 Å². The third-order valence-electron chi connectivity index (χ3n) is 3.01. The molecular weight excluding hydrogens is 236 g/mol. The van der Waals surface area contributed by atoms with Crippen LogP contribution in [0.2, 0.25) is 0 Å². The molecule has 0 aromatic carbocycles. The Morgan fingerprint density at radius 3 is 3.00 bits per heavy atom. The van der Waals surface area contributed by atoms with Crippen LogP contribution in [-0.2, 0) is 0 Å². The van der Waals surface area contributed by atoms with Gasteiger partial charge in [0.05, 0.1) is 0 Å². The molecule has 1 unspecified atom stereocenters. The Hall–Kier alpha value is -0.750. The summed E-state index contributed by atoms with van der Waals surface area (Å²) in [7, 11) is 0. The monoisotopic (exact) mass is 256 g/mol. The Balaban J connectivity index is 1.96. The van der Waals surface area contributed by atoms with Crippen LogP contribution in [0.15, 0.2) is 9.95 Å². The zero-order valence-corrected chi connectivity index (χ0v) is 11.2. The van der Waals surface area contributed by atoms with Gasteiger partial charge in [0.2, 0.25) is 0 Å². The Bertz CT molecular complexity index is 406. The second-order valence-electron chi connectivity index (χ2n) is 4.73. The summed E-state index contributed by atoms with van der Waals surface area (Å²) in [6.45, 7) is 5.11. The number of nitrogens with one attached hydrogen (secondary N) is 2. The average Bonchev–Trinajstić information content (AvgIpc) is 2.69.